The summed E-state index contributed by atoms with van der Waals surface area (Å²) in [5.74, 6) is 0.135. The Bertz CT molecular complexity index is 2430. The van der Waals surface area contributed by atoms with E-state index in [1.165, 1.54) is 32.2 Å². The summed E-state index contributed by atoms with van der Waals surface area (Å²) in [5, 5.41) is 0. The quantitative estimate of drug-likeness (QED) is 0.0445. The number of hydrogen-bond donors (Lipinski definition) is 0. The van der Waals surface area contributed by atoms with Gasteiger partial charge in [-0.2, -0.15) is 0 Å². The van der Waals surface area contributed by atoms with E-state index in [0.29, 0.717) is 43.1 Å². The van der Waals surface area contributed by atoms with Crippen LogP contribution in [0.15, 0.2) is 110 Å². The van der Waals surface area contributed by atoms with E-state index in [1.54, 1.807) is 12.1 Å². The number of ether oxygens (including phenoxy) is 2. The van der Waals surface area contributed by atoms with E-state index in [0.717, 1.165) is 50.4 Å². The van der Waals surface area contributed by atoms with Gasteiger partial charge in [0.2, 0.25) is 11.7 Å². The molecule has 0 aliphatic carbocycles. The van der Waals surface area contributed by atoms with Crippen molar-refractivity contribution in [1.82, 2.24) is 9.97 Å². The zero-order chi connectivity index (χ0) is 40.5. The van der Waals surface area contributed by atoms with Crippen LogP contribution < -0.4 is 9.47 Å². The minimum absolute atomic E-state index is 0. The fourth-order valence-corrected chi connectivity index (χ4v) is 7.22. The van der Waals surface area contributed by atoms with E-state index in [4.69, 9.17) is 9.47 Å². The van der Waals surface area contributed by atoms with Gasteiger partial charge in [-0.1, -0.05) is 65.7 Å². The van der Waals surface area contributed by atoms with Gasteiger partial charge in [0.05, 0.1) is 53.8 Å². The maximum atomic E-state index is 13.2. The number of carbonyl (C=O) groups is 2. The number of methoxy groups -OCH3 is 2. The number of pyridine rings is 2. The van der Waals surface area contributed by atoms with Crippen molar-refractivity contribution in [3.05, 3.63) is 151 Å². The molecule has 0 atom stereocenters. The predicted octanol–water partition coefficient (Wildman–Crippen LogP) is 11.9. The van der Waals surface area contributed by atoms with Crippen molar-refractivity contribution in [3.8, 4) is 34.1 Å². The Morgan fingerprint density at radius 3 is 1.69 bits per heavy atom. The third-order valence-corrected chi connectivity index (χ3v) is 10.6. The molecule has 0 saturated carbocycles. The van der Waals surface area contributed by atoms with Crippen LogP contribution in [0.2, 0.25) is 0 Å². The van der Waals surface area contributed by atoms with Gasteiger partial charge in [-0.15, -0.1) is 35.9 Å². The molecule has 58 heavy (non-hydrogen) atoms. The number of hydrogen-bond acceptors (Lipinski definition) is 8. The van der Waals surface area contributed by atoms with E-state index in [1.807, 2.05) is 96.1 Å². The van der Waals surface area contributed by atoms with Gasteiger partial charge in [0.25, 0.3) is 0 Å². The molecule has 0 bridgehead atoms. The Hall–Kier alpha value is -4.55. The van der Waals surface area contributed by atoms with Crippen LogP contribution >= 0.6 is 31.9 Å². The summed E-state index contributed by atoms with van der Waals surface area (Å²) in [6.45, 7) is 12.1. The van der Waals surface area contributed by atoms with Gasteiger partial charge < -0.3 is 9.47 Å². The van der Waals surface area contributed by atoms with E-state index < -0.39 is 0 Å². The van der Waals surface area contributed by atoms with Crippen molar-refractivity contribution in [2.75, 3.05) is 14.2 Å². The minimum atomic E-state index is -0.259. The molecule has 0 fully saturated rings. The molecule has 4 aromatic carbocycles. The van der Waals surface area contributed by atoms with Crippen molar-refractivity contribution in [3.63, 3.8) is 0 Å². The third kappa shape index (κ3) is 11.6. The molecule has 6 aromatic rings. The second kappa shape index (κ2) is 22.0. The van der Waals surface area contributed by atoms with E-state index in [9.17, 15) is 9.59 Å². The van der Waals surface area contributed by atoms with Crippen LogP contribution in [0.1, 0.15) is 54.1 Å². The monoisotopic (exact) mass is 986 g/mol. The standard InChI is InChI=1S/C23H19Br2N2O2.C23H22N2O2.Co.Fe/c1-13-10-14(2)21(15(3)11-13)26-12-17(28)19-18(16-8-6-5-7-9-16)23(29-4)27-22(25)20(19)24;1-15-12-16(2)22(17(3)13-15)24-14-21(26)19-10-11-20(25-23(19)27-4)18-8-6-5-7-9-18;;/h5-8,10-12H,1-4H3;5-14H,1-4H3;;/q-1;;;. The second-order valence-corrected chi connectivity index (χ2v) is 14.7. The fraction of sp³-hybridized carbons (Fsp3) is 0.174. The van der Waals surface area contributed by atoms with E-state index in [2.05, 4.69) is 82.1 Å². The fourth-order valence-electron chi connectivity index (χ4n) is 6.38. The molecule has 0 unspecified atom stereocenters. The average molecular weight is 988 g/mol. The number of Topliss-reactive ketones (excluding diaryl/α,β-unsaturated/α-hetero) is 2. The molecule has 0 amide bonds. The number of aliphatic imine (C=N–C) groups is 2. The van der Waals surface area contributed by atoms with E-state index >= 15 is 0 Å². The van der Waals surface area contributed by atoms with Crippen LogP contribution in [0.4, 0.5) is 11.4 Å². The average Bonchev–Trinajstić information content (AvgIpc) is 3.18. The molecule has 2 heterocycles. The first-order chi connectivity index (χ1) is 26.8. The molecule has 0 spiro atoms. The summed E-state index contributed by atoms with van der Waals surface area (Å²) in [7, 11) is 3.04. The molecule has 6 rings (SSSR count). The van der Waals surface area contributed by atoms with Crippen molar-refractivity contribution in [2.24, 2.45) is 9.98 Å². The minimum Gasteiger partial charge on any atom is -0.487 e. The van der Waals surface area contributed by atoms with Gasteiger partial charge in [-0.3, -0.25) is 19.6 Å². The summed E-state index contributed by atoms with van der Waals surface area (Å²) in [5.41, 5.74) is 11.9. The molecule has 2 aromatic heterocycles. The maximum Gasteiger partial charge on any atom is 0.225 e. The van der Waals surface area contributed by atoms with Crippen LogP contribution in [0.25, 0.3) is 22.4 Å². The Morgan fingerprint density at radius 2 is 1.19 bits per heavy atom. The number of aromatic nitrogens is 2. The van der Waals surface area contributed by atoms with Crippen molar-refractivity contribution >= 4 is 67.2 Å². The Kier molecular flexibility index (Phi) is 18.1. The summed E-state index contributed by atoms with van der Waals surface area (Å²) in [4.78, 5) is 43.7. The molecule has 8 nitrogen and oxygen atoms in total. The molecular weight excluding hydrogens is 947 g/mol. The normalized spacial score (nSPS) is 10.7. The molecular formula is C46H41Br2CoFeN4O4-. The first-order valence-electron chi connectivity index (χ1n) is 17.7. The Morgan fingerprint density at radius 1 is 0.672 bits per heavy atom. The van der Waals surface area contributed by atoms with Crippen LogP contribution in [-0.4, -0.2) is 48.2 Å². The number of ketones is 2. The summed E-state index contributed by atoms with van der Waals surface area (Å²) < 4.78 is 11.8. The molecule has 301 valence electrons. The molecule has 0 saturated heterocycles. The number of carbonyl (C=O) groups excluding carboxylic acids is 2. The maximum absolute atomic E-state index is 13.2. The van der Waals surface area contributed by atoms with Gasteiger partial charge in [-0.25, -0.2) is 9.97 Å². The second-order valence-electron chi connectivity index (χ2n) is 13.1. The third-order valence-electron chi connectivity index (χ3n) is 8.76. The summed E-state index contributed by atoms with van der Waals surface area (Å²) >= 11 is 6.89. The van der Waals surface area contributed by atoms with Gasteiger partial charge in [0.15, 0.2) is 11.7 Å². The van der Waals surface area contributed by atoms with Crippen LogP contribution in [0, 0.1) is 47.6 Å². The number of halogens is 2. The first kappa shape index (κ1) is 47.8. The van der Waals surface area contributed by atoms with Crippen molar-refractivity contribution < 1.29 is 52.9 Å². The smallest absolute Gasteiger partial charge is 0.225 e. The largest absolute Gasteiger partial charge is 0.487 e. The molecule has 1 radical (unpaired) electrons. The molecule has 0 aliphatic rings. The number of nitrogens with zero attached hydrogens (tertiary/aromatic N) is 4. The first-order valence-corrected chi connectivity index (χ1v) is 19.2. The summed E-state index contributed by atoms with van der Waals surface area (Å²) in [6, 6.07) is 32.1. The van der Waals surface area contributed by atoms with E-state index in [-0.39, 0.29) is 45.4 Å². The zero-order valence-corrected chi connectivity index (χ0v) is 38.5. The zero-order valence-electron chi connectivity index (χ0n) is 33.2. The van der Waals surface area contributed by atoms with Crippen LogP contribution in [0.5, 0.6) is 11.8 Å². The van der Waals surface area contributed by atoms with Crippen LogP contribution in [0.3, 0.4) is 0 Å². The Balaban J connectivity index is 0.000000301. The molecule has 12 heteroatoms. The molecule has 0 N–H and O–H groups in total. The van der Waals surface area contributed by atoms with Gasteiger partial charge in [0.1, 0.15) is 4.60 Å². The number of benzene rings is 4. The van der Waals surface area contributed by atoms with Gasteiger partial charge >= 0.3 is 0 Å². The molecule has 0 aliphatic heterocycles. The van der Waals surface area contributed by atoms with Gasteiger partial charge in [0, 0.05) is 45.0 Å². The topological polar surface area (TPSA) is 103 Å². The number of rotatable bonds is 10. The summed E-state index contributed by atoms with van der Waals surface area (Å²) in [6.07, 6.45) is 2.69. The van der Waals surface area contributed by atoms with Gasteiger partial charge in [-0.05, 0) is 113 Å². The van der Waals surface area contributed by atoms with Crippen molar-refractivity contribution in [1.29, 1.82) is 0 Å². The predicted molar refractivity (Wildman–Crippen MR) is 233 cm³/mol. The number of aryl methyl sites for hydroxylation is 6. The van der Waals surface area contributed by atoms with Crippen LogP contribution in [-0.2, 0) is 33.8 Å². The SMILES string of the molecule is COc1nc(-c2ccccc2)ccc1C(=O)C=Nc1c(C)cc(C)cc1C.COc1nc(Br)c(Br)c(C(=O)C=Nc2c(C)cc(C)cc2C)c1-c1[c-]cccc1.[Co].[Fe]. The Labute approximate surface area is 378 Å². The van der Waals surface area contributed by atoms with Crippen molar-refractivity contribution in [2.45, 2.75) is 41.5 Å².